The van der Waals surface area contributed by atoms with E-state index >= 15 is 0 Å². The van der Waals surface area contributed by atoms with E-state index in [0.29, 0.717) is 11.3 Å². The van der Waals surface area contributed by atoms with Gasteiger partial charge in [-0.3, -0.25) is 14.5 Å². The van der Waals surface area contributed by atoms with Crippen LogP contribution in [-0.4, -0.2) is 38.9 Å². The maximum absolute atomic E-state index is 12.8. The van der Waals surface area contributed by atoms with Crippen molar-refractivity contribution < 1.29 is 19.5 Å². The van der Waals surface area contributed by atoms with Gasteiger partial charge in [0.2, 0.25) is 5.91 Å². The zero-order valence-corrected chi connectivity index (χ0v) is 13.6. The van der Waals surface area contributed by atoms with Gasteiger partial charge < -0.3 is 10.4 Å². The third-order valence-corrected chi connectivity index (χ3v) is 6.23. The summed E-state index contributed by atoms with van der Waals surface area (Å²) in [6.45, 7) is 3.07. The van der Waals surface area contributed by atoms with Gasteiger partial charge in [-0.15, -0.1) is 23.1 Å². The molecule has 3 rings (SSSR count). The summed E-state index contributed by atoms with van der Waals surface area (Å²) >= 11 is 2.85. The van der Waals surface area contributed by atoms with E-state index in [2.05, 4.69) is 5.32 Å². The molecule has 2 atom stereocenters. The number of amides is 2. The topological polar surface area (TPSA) is 86.7 Å². The van der Waals surface area contributed by atoms with Crippen LogP contribution in [0.15, 0.2) is 28.8 Å². The van der Waals surface area contributed by atoms with Crippen molar-refractivity contribution in [3.63, 3.8) is 0 Å². The molecule has 6 nitrogen and oxygen atoms in total. The van der Waals surface area contributed by atoms with Crippen molar-refractivity contribution in [3.05, 3.63) is 33.7 Å². The molecule has 1 aromatic rings. The van der Waals surface area contributed by atoms with E-state index in [1.165, 1.54) is 34.9 Å². The molecule has 0 unspecified atom stereocenters. The minimum absolute atomic E-state index is 0.0336. The fraction of sp³-hybridized carbons (Fsp3) is 0.357. The Morgan fingerprint density at radius 3 is 2.77 bits per heavy atom. The van der Waals surface area contributed by atoms with E-state index in [4.69, 9.17) is 0 Å². The van der Waals surface area contributed by atoms with Crippen LogP contribution < -0.4 is 5.32 Å². The van der Waals surface area contributed by atoms with Gasteiger partial charge in [-0.2, -0.15) is 0 Å². The van der Waals surface area contributed by atoms with Crippen LogP contribution in [0.4, 0.5) is 0 Å². The molecular weight excluding hydrogens is 324 g/mol. The molecule has 2 aliphatic heterocycles. The van der Waals surface area contributed by atoms with Crippen molar-refractivity contribution in [2.45, 2.75) is 24.8 Å². The number of carbonyl (C=O) groups excluding carboxylic acids is 2. The molecule has 1 saturated heterocycles. The fourth-order valence-electron chi connectivity index (χ4n) is 2.90. The molecule has 2 N–H and O–H groups in total. The van der Waals surface area contributed by atoms with Crippen molar-refractivity contribution in [1.82, 2.24) is 10.2 Å². The molecule has 8 heteroatoms. The first-order chi connectivity index (χ1) is 10.4. The van der Waals surface area contributed by atoms with Crippen molar-refractivity contribution in [2.75, 3.05) is 5.75 Å². The van der Waals surface area contributed by atoms with Gasteiger partial charge in [0.1, 0.15) is 11.1 Å². The number of aliphatic carboxylic acids is 1. The highest BCUT2D eigenvalue weighted by Crippen LogP contribution is 2.52. The molecule has 1 aromatic heterocycles. The molecule has 0 aromatic carbocycles. The number of thioether (sulfide) groups is 1. The molecule has 22 heavy (non-hydrogen) atoms. The van der Waals surface area contributed by atoms with Crippen LogP contribution in [0.25, 0.3) is 0 Å². The van der Waals surface area contributed by atoms with E-state index in [-0.39, 0.29) is 17.5 Å². The standard InChI is InChI=1S/C14H14N2O4S2/c1-7-6-22-13-14(15-8(2)17,9-4-3-5-21-9)12(20)16(13)10(7)11(18)19/h3-5,13H,6H2,1-2H3,(H,15,17)(H,18,19)/t13-,14-/m1/s1. The van der Waals surface area contributed by atoms with Gasteiger partial charge in [-0.05, 0) is 23.9 Å². The number of hydrogen-bond donors (Lipinski definition) is 2. The van der Waals surface area contributed by atoms with Crippen LogP contribution in [0.3, 0.4) is 0 Å². The van der Waals surface area contributed by atoms with Crippen LogP contribution in [-0.2, 0) is 19.9 Å². The second kappa shape index (κ2) is 5.13. The van der Waals surface area contributed by atoms with Crippen molar-refractivity contribution >= 4 is 40.9 Å². The number of thiophene rings is 1. The Balaban J connectivity index is 2.08. The zero-order chi connectivity index (χ0) is 16.1. The molecule has 0 spiro atoms. The Hall–Kier alpha value is -1.80. The van der Waals surface area contributed by atoms with Gasteiger partial charge in [0.25, 0.3) is 5.91 Å². The Morgan fingerprint density at radius 1 is 1.50 bits per heavy atom. The second-order valence-electron chi connectivity index (χ2n) is 5.24. The van der Waals surface area contributed by atoms with E-state index in [0.717, 1.165) is 4.88 Å². The number of fused-ring (bicyclic) bond motifs is 1. The minimum atomic E-state index is -1.16. The predicted molar refractivity (Wildman–Crippen MR) is 83.2 cm³/mol. The molecule has 0 bridgehead atoms. The molecule has 3 heterocycles. The lowest BCUT2D eigenvalue weighted by molar-refractivity contribution is -0.159. The summed E-state index contributed by atoms with van der Waals surface area (Å²) in [4.78, 5) is 37.9. The highest BCUT2D eigenvalue weighted by Gasteiger charge is 2.66. The van der Waals surface area contributed by atoms with Crippen LogP contribution in [0.2, 0.25) is 0 Å². The number of hydrogen-bond acceptors (Lipinski definition) is 5. The Morgan fingerprint density at radius 2 is 2.23 bits per heavy atom. The normalized spacial score (nSPS) is 27.3. The molecule has 0 aliphatic carbocycles. The van der Waals surface area contributed by atoms with Gasteiger partial charge in [-0.25, -0.2) is 4.79 Å². The zero-order valence-electron chi connectivity index (χ0n) is 12.0. The molecule has 1 fully saturated rings. The van der Waals surface area contributed by atoms with Gasteiger partial charge >= 0.3 is 5.97 Å². The largest absolute Gasteiger partial charge is 0.477 e. The second-order valence-corrected chi connectivity index (χ2v) is 7.26. The van der Waals surface area contributed by atoms with E-state index in [1.54, 1.807) is 13.0 Å². The summed E-state index contributed by atoms with van der Waals surface area (Å²) in [6, 6.07) is 3.61. The van der Waals surface area contributed by atoms with E-state index in [1.807, 2.05) is 11.4 Å². The summed E-state index contributed by atoms with van der Waals surface area (Å²) in [6.07, 6.45) is 0. The lowest BCUT2D eigenvalue weighted by Gasteiger charge is -2.56. The van der Waals surface area contributed by atoms with Gasteiger partial charge in [0.15, 0.2) is 5.54 Å². The number of nitrogens with zero attached hydrogens (tertiary/aromatic N) is 1. The summed E-state index contributed by atoms with van der Waals surface area (Å²) in [5.74, 6) is -1.30. The maximum atomic E-state index is 12.8. The molecule has 2 aliphatic rings. The fourth-order valence-corrected chi connectivity index (χ4v) is 5.30. The number of carbonyl (C=O) groups is 3. The molecule has 0 radical (unpaired) electrons. The Kier molecular flexibility index (Phi) is 3.53. The number of carboxylic acids is 1. The van der Waals surface area contributed by atoms with Crippen molar-refractivity contribution in [2.24, 2.45) is 0 Å². The maximum Gasteiger partial charge on any atom is 0.352 e. The Labute approximate surface area is 135 Å². The van der Waals surface area contributed by atoms with Gasteiger partial charge in [0, 0.05) is 17.6 Å². The predicted octanol–water partition coefficient (Wildman–Crippen LogP) is 1.35. The first-order valence-electron chi connectivity index (χ1n) is 6.60. The van der Waals surface area contributed by atoms with Crippen LogP contribution in [0.5, 0.6) is 0 Å². The Bertz CT molecular complexity index is 698. The highest BCUT2D eigenvalue weighted by atomic mass is 32.2. The highest BCUT2D eigenvalue weighted by molar-refractivity contribution is 8.00. The quantitative estimate of drug-likeness (QED) is 0.813. The lowest BCUT2D eigenvalue weighted by atomic mass is 9.84. The minimum Gasteiger partial charge on any atom is -0.477 e. The smallest absolute Gasteiger partial charge is 0.352 e. The average molecular weight is 338 g/mol. The monoisotopic (exact) mass is 338 g/mol. The summed E-state index contributed by atoms with van der Waals surface area (Å²) in [5.41, 5.74) is -0.470. The third-order valence-electron chi connectivity index (χ3n) is 3.75. The molecule has 116 valence electrons. The summed E-state index contributed by atoms with van der Waals surface area (Å²) < 4.78 is 0. The summed E-state index contributed by atoms with van der Waals surface area (Å²) in [7, 11) is 0. The number of β-lactam (4-membered cyclic amide) rings is 1. The first kappa shape index (κ1) is 15.1. The van der Waals surface area contributed by atoms with Crippen molar-refractivity contribution in [1.29, 1.82) is 0 Å². The SMILES string of the molecule is CC(=O)N[C@]1(c2cccs2)C(=O)N2C(C(=O)O)=C(C)CS[C@@H]21. The number of nitrogens with one attached hydrogen (secondary N) is 1. The van der Waals surface area contributed by atoms with Crippen molar-refractivity contribution in [3.8, 4) is 0 Å². The number of carboxylic acid groups (broad SMARTS) is 1. The number of rotatable bonds is 3. The van der Waals surface area contributed by atoms with Crippen LogP contribution in [0.1, 0.15) is 18.7 Å². The lowest BCUT2D eigenvalue weighted by Crippen LogP contribution is -2.77. The van der Waals surface area contributed by atoms with E-state index in [9.17, 15) is 19.5 Å². The third kappa shape index (κ3) is 1.90. The van der Waals surface area contributed by atoms with Crippen LogP contribution in [0, 0.1) is 0 Å². The molecule has 0 saturated carbocycles. The first-order valence-corrected chi connectivity index (χ1v) is 8.53. The summed E-state index contributed by atoms with van der Waals surface area (Å²) in [5, 5.41) is 13.5. The average Bonchev–Trinajstić information content (AvgIpc) is 2.97. The van der Waals surface area contributed by atoms with E-state index < -0.39 is 16.9 Å². The van der Waals surface area contributed by atoms with Gasteiger partial charge in [0.05, 0.1) is 0 Å². The molecular formula is C14H14N2O4S2. The van der Waals surface area contributed by atoms with Crippen LogP contribution >= 0.6 is 23.1 Å². The van der Waals surface area contributed by atoms with Gasteiger partial charge in [-0.1, -0.05) is 6.07 Å². The molecule has 2 amide bonds.